The lowest BCUT2D eigenvalue weighted by atomic mass is 10.1. The molecule has 3 aromatic rings. The molecule has 4 nitrogen and oxygen atoms in total. The van der Waals surface area contributed by atoms with Gasteiger partial charge in [0.05, 0.1) is 6.21 Å². The van der Waals surface area contributed by atoms with E-state index in [-0.39, 0.29) is 0 Å². The molecular formula is C19H20N4S. The molecule has 0 saturated heterocycles. The van der Waals surface area contributed by atoms with Gasteiger partial charge >= 0.3 is 0 Å². The van der Waals surface area contributed by atoms with Crippen LogP contribution in [0, 0.1) is 6.92 Å². The Balaban J connectivity index is 1.64. The van der Waals surface area contributed by atoms with E-state index in [2.05, 4.69) is 58.6 Å². The lowest BCUT2D eigenvalue weighted by molar-refractivity contribution is 0.868. The van der Waals surface area contributed by atoms with Gasteiger partial charge in [-0.05, 0) is 30.8 Å². The highest BCUT2D eigenvalue weighted by Crippen LogP contribution is 2.22. The normalized spacial score (nSPS) is 11.1. The van der Waals surface area contributed by atoms with E-state index in [9.17, 15) is 0 Å². The first kappa shape index (κ1) is 16.2. The molecule has 1 aromatic heterocycles. The Morgan fingerprint density at radius 2 is 1.83 bits per heavy atom. The van der Waals surface area contributed by atoms with Crippen LogP contribution in [-0.2, 0) is 13.6 Å². The summed E-state index contributed by atoms with van der Waals surface area (Å²) in [5, 5.41) is 9.12. The molecule has 0 amide bonds. The second-order valence-electron chi connectivity index (χ2n) is 5.61. The number of aryl methyl sites for hydroxylation is 1. The average Bonchev–Trinajstić information content (AvgIpc) is 2.86. The van der Waals surface area contributed by atoms with Crippen molar-refractivity contribution in [3.05, 3.63) is 71.4 Å². The molecule has 0 unspecified atom stereocenters. The van der Waals surface area contributed by atoms with E-state index in [0.717, 1.165) is 5.56 Å². The lowest BCUT2D eigenvalue weighted by Crippen LogP contribution is -2.31. The summed E-state index contributed by atoms with van der Waals surface area (Å²) in [5.74, 6) is 0. The highest BCUT2D eigenvalue weighted by molar-refractivity contribution is 7.80. The number of nitrogens with one attached hydrogen (secondary N) is 2. The number of benzene rings is 2. The maximum Gasteiger partial charge on any atom is 0.187 e. The number of aromatic nitrogens is 1. The number of rotatable bonds is 4. The van der Waals surface area contributed by atoms with Crippen LogP contribution in [0.1, 0.15) is 16.8 Å². The van der Waals surface area contributed by atoms with Crippen molar-refractivity contribution in [3.63, 3.8) is 0 Å². The van der Waals surface area contributed by atoms with Crippen LogP contribution in [0.4, 0.5) is 0 Å². The van der Waals surface area contributed by atoms with Crippen molar-refractivity contribution in [2.75, 3.05) is 0 Å². The minimum Gasteiger partial charge on any atom is -0.357 e. The van der Waals surface area contributed by atoms with E-state index in [1.807, 2.05) is 36.5 Å². The molecule has 0 radical (unpaired) electrons. The molecule has 1 heterocycles. The summed E-state index contributed by atoms with van der Waals surface area (Å²) in [5.41, 5.74) is 7.53. The van der Waals surface area contributed by atoms with E-state index in [1.165, 1.54) is 22.2 Å². The monoisotopic (exact) mass is 336 g/mol. The number of hydrogen-bond donors (Lipinski definition) is 2. The van der Waals surface area contributed by atoms with Gasteiger partial charge in [0.25, 0.3) is 0 Å². The second kappa shape index (κ2) is 7.27. The third-order valence-electron chi connectivity index (χ3n) is 4.10. The molecule has 24 heavy (non-hydrogen) atoms. The van der Waals surface area contributed by atoms with Crippen LogP contribution in [0.2, 0.25) is 0 Å². The van der Waals surface area contributed by atoms with Crippen molar-refractivity contribution in [2.24, 2.45) is 12.1 Å². The van der Waals surface area contributed by atoms with Crippen LogP contribution in [0.25, 0.3) is 10.9 Å². The van der Waals surface area contributed by atoms with Gasteiger partial charge in [-0.25, -0.2) is 0 Å². The topological polar surface area (TPSA) is 41.4 Å². The molecule has 0 saturated carbocycles. The molecule has 0 aliphatic heterocycles. The quantitative estimate of drug-likeness (QED) is 0.435. The Labute approximate surface area is 147 Å². The van der Waals surface area contributed by atoms with Crippen molar-refractivity contribution in [2.45, 2.75) is 13.5 Å². The third-order valence-corrected chi connectivity index (χ3v) is 4.34. The van der Waals surface area contributed by atoms with Gasteiger partial charge in [0.15, 0.2) is 5.11 Å². The lowest BCUT2D eigenvalue weighted by Gasteiger charge is -2.06. The Hall–Kier alpha value is -2.66. The Morgan fingerprint density at radius 3 is 2.62 bits per heavy atom. The van der Waals surface area contributed by atoms with Gasteiger partial charge in [-0.15, -0.1) is 0 Å². The van der Waals surface area contributed by atoms with Gasteiger partial charge in [-0.2, -0.15) is 5.10 Å². The summed E-state index contributed by atoms with van der Waals surface area (Å²) >= 11 is 5.26. The summed E-state index contributed by atoms with van der Waals surface area (Å²) in [6, 6.07) is 18.4. The predicted octanol–water partition coefficient (Wildman–Crippen LogP) is 3.48. The number of para-hydroxylation sites is 1. The third kappa shape index (κ3) is 3.46. The summed E-state index contributed by atoms with van der Waals surface area (Å²) in [7, 11) is 2.06. The Morgan fingerprint density at radius 1 is 1.12 bits per heavy atom. The van der Waals surface area contributed by atoms with Crippen molar-refractivity contribution < 1.29 is 0 Å². The number of nitrogens with zero attached hydrogens (tertiary/aromatic N) is 2. The molecule has 0 atom stereocenters. The molecule has 0 aliphatic carbocycles. The minimum absolute atomic E-state index is 0.507. The molecular weight excluding hydrogens is 316 g/mol. The Bertz CT molecular complexity index is 881. The largest absolute Gasteiger partial charge is 0.357 e. The summed E-state index contributed by atoms with van der Waals surface area (Å²) in [4.78, 5) is 0. The van der Waals surface area contributed by atoms with Crippen LogP contribution < -0.4 is 10.7 Å². The molecule has 0 bridgehead atoms. The molecule has 0 fully saturated rings. The van der Waals surface area contributed by atoms with E-state index < -0.39 is 0 Å². The minimum atomic E-state index is 0.507. The summed E-state index contributed by atoms with van der Waals surface area (Å²) < 4.78 is 2.17. The summed E-state index contributed by atoms with van der Waals surface area (Å²) in [6.07, 6.45) is 1.83. The van der Waals surface area contributed by atoms with E-state index in [0.29, 0.717) is 11.7 Å². The predicted molar refractivity (Wildman–Crippen MR) is 104 cm³/mol. The smallest absolute Gasteiger partial charge is 0.187 e. The fraction of sp³-hybridized carbons (Fsp3) is 0.158. The fourth-order valence-electron chi connectivity index (χ4n) is 2.69. The van der Waals surface area contributed by atoms with Crippen LogP contribution in [0.5, 0.6) is 0 Å². The maximum absolute atomic E-state index is 5.26. The number of hydrogen-bond acceptors (Lipinski definition) is 2. The van der Waals surface area contributed by atoms with Gasteiger partial charge < -0.3 is 9.88 Å². The molecule has 5 heteroatoms. The van der Waals surface area contributed by atoms with E-state index in [1.54, 1.807) is 0 Å². The van der Waals surface area contributed by atoms with Gasteiger partial charge in [-0.1, -0.05) is 48.5 Å². The van der Waals surface area contributed by atoms with Crippen LogP contribution >= 0.6 is 12.2 Å². The van der Waals surface area contributed by atoms with Crippen molar-refractivity contribution in [3.8, 4) is 0 Å². The van der Waals surface area contributed by atoms with Crippen LogP contribution in [0.3, 0.4) is 0 Å². The zero-order chi connectivity index (χ0) is 16.9. The first-order valence-corrected chi connectivity index (χ1v) is 8.22. The van der Waals surface area contributed by atoms with Gasteiger partial charge in [0, 0.05) is 35.8 Å². The zero-order valence-corrected chi connectivity index (χ0v) is 14.6. The molecule has 0 spiro atoms. The van der Waals surface area contributed by atoms with Crippen molar-refractivity contribution in [1.29, 1.82) is 0 Å². The molecule has 2 N–H and O–H groups in total. The standard InChI is InChI=1S/C19H20N4S/c1-14-17(16-10-6-7-11-18(16)23(14)2)13-21-22-19(24)20-12-15-8-4-3-5-9-15/h3-11,13H,12H2,1-2H3,(H2,20,22,24)/b21-13-. The fourth-order valence-corrected chi connectivity index (χ4v) is 2.81. The molecule has 0 aliphatic rings. The van der Waals surface area contributed by atoms with E-state index in [4.69, 9.17) is 12.2 Å². The van der Waals surface area contributed by atoms with Crippen LogP contribution in [-0.4, -0.2) is 15.9 Å². The zero-order valence-electron chi connectivity index (χ0n) is 13.8. The van der Waals surface area contributed by atoms with Gasteiger partial charge in [0.1, 0.15) is 0 Å². The molecule has 2 aromatic carbocycles. The van der Waals surface area contributed by atoms with E-state index >= 15 is 0 Å². The van der Waals surface area contributed by atoms with Gasteiger partial charge in [-0.3, -0.25) is 5.43 Å². The van der Waals surface area contributed by atoms with Crippen molar-refractivity contribution in [1.82, 2.24) is 15.3 Å². The maximum atomic E-state index is 5.26. The number of hydrazone groups is 1. The van der Waals surface area contributed by atoms with Crippen LogP contribution in [0.15, 0.2) is 59.7 Å². The highest BCUT2D eigenvalue weighted by Gasteiger charge is 2.09. The molecule has 3 rings (SSSR count). The first-order chi connectivity index (χ1) is 11.7. The number of thiocarbonyl (C=S) groups is 1. The van der Waals surface area contributed by atoms with Crippen molar-refractivity contribution >= 4 is 34.4 Å². The summed E-state index contributed by atoms with van der Waals surface area (Å²) in [6.45, 7) is 2.77. The molecule has 122 valence electrons. The van der Waals surface area contributed by atoms with Gasteiger partial charge in [0.2, 0.25) is 0 Å². The second-order valence-corrected chi connectivity index (χ2v) is 6.02. The number of fused-ring (bicyclic) bond motifs is 1. The average molecular weight is 336 g/mol. The SMILES string of the molecule is Cc1c(/C=N\NC(=S)NCc2ccccc2)c2ccccc2n1C. The highest BCUT2D eigenvalue weighted by atomic mass is 32.1. The first-order valence-electron chi connectivity index (χ1n) is 7.81. The Kier molecular flexibility index (Phi) is 4.91.